The Hall–Kier alpha value is -3.15. The highest BCUT2D eigenvalue weighted by Crippen LogP contribution is 2.23. The van der Waals surface area contributed by atoms with E-state index in [0.717, 1.165) is 28.3 Å². The van der Waals surface area contributed by atoms with Gasteiger partial charge in [0, 0.05) is 49.6 Å². The van der Waals surface area contributed by atoms with Crippen molar-refractivity contribution in [1.29, 1.82) is 0 Å². The molecule has 0 unspecified atom stereocenters. The number of nitrogens with one attached hydrogen (secondary N) is 2. The van der Waals surface area contributed by atoms with Gasteiger partial charge in [-0.2, -0.15) is 0 Å². The van der Waals surface area contributed by atoms with E-state index in [1.807, 2.05) is 50.2 Å². The van der Waals surface area contributed by atoms with Crippen LogP contribution in [0.3, 0.4) is 0 Å². The molecule has 2 heterocycles. The molecule has 6 nitrogen and oxygen atoms in total. The van der Waals surface area contributed by atoms with Crippen LogP contribution in [0.15, 0.2) is 48.9 Å². The average Bonchev–Trinajstić information content (AvgIpc) is 3.11. The van der Waals surface area contributed by atoms with Gasteiger partial charge < -0.3 is 15.2 Å². The van der Waals surface area contributed by atoms with Crippen LogP contribution in [0.1, 0.15) is 16.1 Å². The summed E-state index contributed by atoms with van der Waals surface area (Å²) in [5.74, 6) is 0.525. The van der Waals surface area contributed by atoms with E-state index >= 15 is 0 Å². The van der Waals surface area contributed by atoms with Gasteiger partial charge in [-0.25, -0.2) is 4.98 Å². The van der Waals surface area contributed by atoms with Crippen LogP contribution >= 0.6 is 0 Å². The second-order valence-corrected chi connectivity index (χ2v) is 5.72. The van der Waals surface area contributed by atoms with Crippen molar-refractivity contribution in [3.8, 4) is 11.4 Å². The normalized spacial score (nSPS) is 10.5. The molecule has 3 rings (SSSR count). The number of H-pyrrole nitrogens is 1. The molecular weight excluding hydrogens is 302 g/mol. The molecule has 122 valence electrons. The van der Waals surface area contributed by atoms with E-state index in [1.54, 1.807) is 24.7 Å². The summed E-state index contributed by atoms with van der Waals surface area (Å²) in [5.41, 5.74) is 3.93. The Kier molecular flexibility index (Phi) is 4.29. The van der Waals surface area contributed by atoms with Gasteiger partial charge in [0.25, 0.3) is 5.91 Å². The Morgan fingerprint density at radius 3 is 2.67 bits per heavy atom. The number of amides is 1. The van der Waals surface area contributed by atoms with Crippen LogP contribution in [-0.2, 0) is 0 Å². The molecule has 6 heteroatoms. The van der Waals surface area contributed by atoms with E-state index in [9.17, 15) is 4.79 Å². The van der Waals surface area contributed by atoms with Crippen LogP contribution in [0.25, 0.3) is 11.4 Å². The van der Waals surface area contributed by atoms with Crippen molar-refractivity contribution in [2.75, 3.05) is 24.3 Å². The molecular formula is C18H19N5O. The van der Waals surface area contributed by atoms with Crippen LogP contribution < -0.4 is 10.2 Å². The molecule has 1 aromatic carbocycles. The number of carbonyl (C=O) groups is 1. The molecule has 1 amide bonds. The fourth-order valence-electron chi connectivity index (χ4n) is 2.34. The highest BCUT2D eigenvalue weighted by Gasteiger charge is 2.12. The summed E-state index contributed by atoms with van der Waals surface area (Å²) in [4.78, 5) is 25.9. The molecule has 24 heavy (non-hydrogen) atoms. The molecule has 0 spiro atoms. The van der Waals surface area contributed by atoms with Gasteiger partial charge in [-0.15, -0.1) is 0 Å². The predicted octanol–water partition coefficient (Wildman–Crippen LogP) is 3.10. The number of anilines is 2. The number of aryl methyl sites for hydroxylation is 1. The third kappa shape index (κ3) is 3.27. The molecule has 0 bridgehead atoms. The number of aromatic nitrogens is 3. The Labute approximate surface area is 140 Å². The predicted molar refractivity (Wildman–Crippen MR) is 95.3 cm³/mol. The second kappa shape index (κ2) is 6.54. The summed E-state index contributed by atoms with van der Waals surface area (Å²) in [5, 5.41) is 2.93. The Morgan fingerprint density at radius 1 is 1.12 bits per heavy atom. The molecule has 3 aromatic rings. The van der Waals surface area contributed by atoms with E-state index in [0.29, 0.717) is 5.69 Å². The van der Waals surface area contributed by atoms with E-state index in [1.165, 1.54) is 0 Å². The van der Waals surface area contributed by atoms with Gasteiger partial charge in [-0.3, -0.25) is 9.78 Å². The maximum Gasteiger partial charge on any atom is 0.274 e. The molecule has 0 saturated carbocycles. The average molecular weight is 321 g/mol. The van der Waals surface area contributed by atoms with Gasteiger partial charge in [0.2, 0.25) is 0 Å². The molecule has 0 aliphatic heterocycles. The van der Waals surface area contributed by atoms with Crippen LogP contribution in [0.4, 0.5) is 11.4 Å². The molecule has 0 aliphatic carbocycles. The van der Waals surface area contributed by atoms with Crippen LogP contribution in [0, 0.1) is 6.92 Å². The number of nitrogens with zero attached hydrogens (tertiary/aromatic N) is 3. The summed E-state index contributed by atoms with van der Waals surface area (Å²) in [6, 6.07) is 9.45. The first-order chi connectivity index (χ1) is 11.5. The Bertz CT molecular complexity index is 856. The number of benzene rings is 1. The fraction of sp³-hybridized carbons (Fsp3) is 0.167. The van der Waals surface area contributed by atoms with Gasteiger partial charge in [-0.05, 0) is 30.7 Å². The standard InChI is InChI=1S/C18H19N5O/c1-12-4-5-13(17-20-8-9-21-17)10-15(12)22-18(24)16-11-14(23(2)3)6-7-19-16/h4-11H,1-3H3,(H,20,21)(H,22,24). The van der Waals surface area contributed by atoms with Crippen molar-refractivity contribution in [1.82, 2.24) is 15.0 Å². The summed E-state index contributed by atoms with van der Waals surface area (Å²) in [7, 11) is 3.85. The number of hydrogen-bond donors (Lipinski definition) is 2. The fourth-order valence-corrected chi connectivity index (χ4v) is 2.34. The van der Waals surface area contributed by atoms with Gasteiger partial charge in [-0.1, -0.05) is 12.1 Å². The smallest absolute Gasteiger partial charge is 0.274 e. The molecule has 0 radical (unpaired) electrons. The quantitative estimate of drug-likeness (QED) is 0.774. The van der Waals surface area contributed by atoms with E-state index in [4.69, 9.17) is 0 Å². The number of rotatable bonds is 4. The topological polar surface area (TPSA) is 73.9 Å². The van der Waals surface area contributed by atoms with Crippen molar-refractivity contribution in [2.24, 2.45) is 0 Å². The number of aromatic amines is 1. The first-order valence-corrected chi connectivity index (χ1v) is 7.60. The monoisotopic (exact) mass is 321 g/mol. The van der Waals surface area contributed by atoms with Crippen molar-refractivity contribution < 1.29 is 4.79 Å². The largest absolute Gasteiger partial charge is 0.378 e. The first kappa shape index (κ1) is 15.7. The SMILES string of the molecule is Cc1ccc(-c2ncc[nH]2)cc1NC(=O)c1cc(N(C)C)ccn1. The van der Waals surface area contributed by atoms with Gasteiger partial charge in [0.15, 0.2) is 0 Å². The van der Waals surface area contributed by atoms with E-state index in [-0.39, 0.29) is 5.91 Å². The maximum atomic E-state index is 12.5. The Balaban J connectivity index is 1.86. The number of carbonyl (C=O) groups excluding carboxylic acids is 1. The van der Waals surface area contributed by atoms with Gasteiger partial charge in [0.1, 0.15) is 11.5 Å². The van der Waals surface area contributed by atoms with E-state index in [2.05, 4.69) is 20.3 Å². The van der Waals surface area contributed by atoms with Crippen LogP contribution in [-0.4, -0.2) is 35.0 Å². The van der Waals surface area contributed by atoms with Crippen molar-refractivity contribution in [3.63, 3.8) is 0 Å². The lowest BCUT2D eigenvalue weighted by atomic mass is 10.1. The number of hydrogen-bond acceptors (Lipinski definition) is 4. The number of imidazole rings is 1. The summed E-state index contributed by atoms with van der Waals surface area (Å²) in [6.07, 6.45) is 5.10. The molecule has 0 saturated heterocycles. The first-order valence-electron chi connectivity index (χ1n) is 7.60. The maximum absolute atomic E-state index is 12.5. The van der Waals surface area contributed by atoms with Gasteiger partial charge >= 0.3 is 0 Å². The zero-order chi connectivity index (χ0) is 17.1. The lowest BCUT2D eigenvalue weighted by Crippen LogP contribution is -2.16. The highest BCUT2D eigenvalue weighted by atomic mass is 16.1. The van der Waals surface area contributed by atoms with Crippen molar-refractivity contribution >= 4 is 17.3 Å². The zero-order valence-electron chi connectivity index (χ0n) is 13.9. The molecule has 0 atom stereocenters. The third-order valence-corrected chi connectivity index (χ3v) is 3.75. The number of pyridine rings is 1. The van der Waals surface area contributed by atoms with Crippen LogP contribution in [0.5, 0.6) is 0 Å². The minimum atomic E-state index is -0.238. The Morgan fingerprint density at radius 2 is 1.96 bits per heavy atom. The molecule has 0 aliphatic rings. The van der Waals surface area contributed by atoms with E-state index < -0.39 is 0 Å². The minimum Gasteiger partial charge on any atom is -0.378 e. The summed E-state index contributed by atoms with van der Waals surface area (Å²) >= 11 is 0. The summed E-state index contributed by atoms with van der Waals surface area (Å²) < 4.78 is 0. The summed E-state index contributed by atoms with van der Waals surface area (Å²) in [6.45, 7) is 1.95. The lowest BCUT2D eigenvalue weighted by Gasteiger charge is -2.13. The highest BCUT2D eigenvalue weighted by molar-refractivity contribution is 6.04. The third-order valence-electron chi connectivity index (χ3n) is 3.75. The van der Waals surface area contributed by atoms with Gasteiger partial charge in [0.05, 0.1) is 0 Å². The zero-order valence-corrected chi connectivity index (χ0v) is 13.9. The van der Waals surface area contributed by atoms with Crippen molar-refractivity contribution in [2.45, 2.75) is 6.92 Å². The molecule has 0 fully saturated rings. The molecule has 2 N–H and O–H groups in total. The minimum absolute atomic E-state index is 0.238. The van der Waals surface area contributed by atoms with Crippen LogP contribution in [0.2, 0.25) is 0 Å². The molecule has 2 aromatic heterocycles. The van der Waals surface area contributed by atoms with Crippen molar-refractivity contribution in [3.05, 3.63) is 60.2 Å². The second-order valence-electron chi connectivity index (χ2n) is 5.72. The lowest BCUT2D eigenvalue weighted by molar-refractivity contribution is 0.102.